The van der Waals surface area contributed by atoms with Gasteiger partial charge < -0.3 is 14.9 Å². The molecule has 0 aromatic rings. The molecular formula is C10H22O3. The average Bonchev–Trinajstić information content (AvgIpc) is 2.14. The Morgan fingerprint density at radius 3 is 2.23 bits per heavy atom. The van der Waals surface area contributed by atoms with E-state index in [2.05, 4.69) is 6.92 Å². The van der Waals surface area contributed by atoms with Crippen molar-refractivity contribution >= 4 is 0 Å². The van der Waals surface area contributed by atoms with Crippen molar-refractivity contribution in [3.8, 4) is 0 Å². The molecule has 0 spiro atoms. The van der Waals surface area contributed by atoms with Gasteiger partial charge in [0.05, 0.1) is 19.3 Å². The van der Waals surface area contributed by atoms with Gasteiger partial charge >= 0.3 is 0 Å². The largest absolute Gasteiger partial charge is 0.394 e. The van der Waals surface area contributed by atoms with E-state index in [9.17, 15) is 0 Å². The van der Waals surface area contributed by atoms with Crippen molar-refractivity contribution in [2.45, 2.75) is 51.7 Å². The van der Waals surface area contributed by atoms with E-state index in [-0.39, 0.29) is 19.3 Å². The van der Waals surface area contributed by atoms with Crippen LogP contribution in [0.4, 0.5) is 0 Å². The normalized spacial score (nSPS) is 13.6. The van der Waals surface area contributed by atoms with Gasteiger partial charge in [-0.15, -0.1) is 0 Å². The highest BCUT2D eigenvalue weighted by atomic mass is 16.5. The summed E-state index contributed by atoms with van der Waals surface area (Å²) in [6, 6.07) is 0. The number of hydrogen-bond acceptors (Lipinski definition) is 3. The zero-order valence-corrected chi connectivity index (χ0v) is 8.70. The molecule has 1 atom stereocenters. The molecule has 0 saturated carbocycles. The first-order valence-electron chi connectivity index (χ1n) is 5.11. The minimum Gasteiger partial charge on any atom is -0.394 e. The maximum atomic E-state index is 8.76. The third kappa shape index (κ3) is 6.99. The summed E-state index contributed by atoms with van der Waals surface area (Å²) in [5.74, 6) is 0. The highest BCUT2D eigenvalue weighted by Crippen LogP contribution is 2.08. The summed E-state index contributed by atoms with van der Waals surface area (Å²) < 4.78 is 5.40. The summed E-state index contributed by atoms with van der Waals surface area (Å²) in [6.07, 6.45) is 4.31. The first-order chi connectivity index (χ1) is 6.24. The lowest BCUT2D eigenvalue weighted by Crippen LogP contribution is -2.26. The number of unbranched alkanes of at least 4 members (excludes halogenated alkanes) is 2. The van der Waals surface area contributed by atoms with Crippen molar-refractivity contribution in [2.24, 2.45) is 0 Å². The van der Waals surface area contributed by atoms with E-state index in [1.807, 2.05) is 6.92 Å². The predicted octanol–water partition coefficient (Wildman–Crippen LogP) is 1.32. The Kier molecular flexibility index (Phi) is 8.40. The van der Waals surface area contributed by atoms with E-state index < -0.39 is 6.10 Å². The zero-order chi connectivity index (χ0) is 10.1. The lowest BCUT2D eigenvalue weighted by atomic mass is 10.1. The van der Waals surface area contributed by atoms with Crippen LogP contribution < -0.4 is 0 Å². The summed E-state index contributed by atoms with van der Waals surface area (Å²) in [4.78, 5) is 0. The van der Waals surface area contributed by atoms with Crippen molar-refractivity contribution < 1.29 is 14.9 Å². The minimum atomic E-state index is -0.406. The van der Waals surface area contributed by atoms with Gasteiger partial charge in [0, 0.05) is 0 Å². The summed E-state index contributed by atoms with van der Waals surface area (Å²) in [6.45, 7) is 3.94. The molecule has 0 aliphatic heterocycles. The minimum absolute atomic E-state index is 0.103. The van der Waals surface area contributed by atoms with Gasteiger partial charge in [-0.05, 0) is 13.3 Å². The molecule has 3 heteroatoms. The smallest absolute Gasteiger partial charge is 0.104 e. The maximum absolute atomic E-state index is 8.76. The predicted molar refractivity (Wildman–Crippen MR) is 52.6 cm³/mol. The summed E-state index contributed by atoms with van der Waals surface area (Å²) in [5, 5.41) is 17.5. The molecule has 1 unspecified atom stereocenters. The van der Waals surface area contributed by atoms with Crippen LogP contribution in [-0.2, 0) is 4.74 Å². The fraction of sp³-hybridized carbons (Fsp3) is 1.00. The monoisotopic (exact) mass is 190 g/mol. The molecule has 0 amide bonds. The molecule has 80 valence electrons. The number of rotatable bonds is 8. The van der Waals surface area contributed by atoms with Gasteiger partial charge in [0.15, 0.2) is 0 Å². The molecule has 0 aliphatic rings. The van der Waals surface area contributed by atoms with Crippen LogP contribution in [0.25, 0.3) is 0 Å². The molecule has 0 aromatic heterocycles. The third-order valence-electron chi connectivity index (χ3n) is 2.05. The Balaban J connectivity index is 3.42. The third-order valence-corrected chi connectivity index (χ3v) is 2.05. The Morgan fingerprint density at radius 1 is 1.15 bits per heavy atom. The second kappa shape index (κ2) is 8.48. The van der Waals surface area contributed by atoms with Crippen molar-refractivity contribution in [1.29, 1.82) is 0 Å². The van der Waals surface area contributed by atoms with E-state index >= 15 is 0 Å². The molecule has 0 aromatic carbocycles. The van der Waals surface area contributed by atoms with Gasteiger partial charge in [-0.1, -0.05) is 26.2 Å². The highest BCUT2D eigenvalue weighted by molar-refractivity contribution is 4.58. The molecule has 3 nitrogen and oxygen atoms in total. The summed E-state index contributed by atoms with van der Waals surface area (Å²) in [5.41, 5.74) is 0. The Bertz CT molecular complexity index is 102. The molecule has 0 saturated heterocycles. The van der Waals surface area contributed by atoms with Gasteiger partial charge in [0.2, 0.25) is 0 Å². The van der Waals surface area contributed by atoms with Crippen molar-refractivity contribution in [1.82, 2.24) is 0 Å². The van der Waals surface area contributed by atoms with Crippen LogP contribution in [0, 0.1) is 0 Å². The lowest BCUT2D eigenvalue weighted by Gasteiger charge is -2.18. The number of hydrogen-bond donors (Lipinski definition) is 2. The first kappa shape index (κ1) is 12.9. The quantitative estimate of drug-likeness (QED) is 0.568. The molecule has 0 heterocycles. The molecule has 2 N–H and O–H groups in total. The lowest BCUT2D eigenvalue weighted by molar-refractivity contribution is -0.0592. The van der Waals surface area contributed by atoms with Crippen LogP contribution in [0.3, 0.4) is 0 Å². The second-order valence-corrected chi connectivity index (χ2v) is 3.43. The number of ether oxygens (including phenoxy) is 1. The maximum Gasteiger partial charge on any atom is 0.104 e. The molecule has 13 heavy (non-hydrogen) atoms. The van der Waals surface area contributed by atoms with Gasteiger partial charge in [0.1, 0.15) is 6.10 Å². The SMILES string of the molecule is CCCCCC(C)OC(CO)CO. The van der Waals surface area contributed by atoms with Gasteiger partial charge in [-0.2, -0.15) is 0 Å². The summed E-state index contributed by atoms with van der Waals surface area (Å²) in [7, 11) is 0. The molecule has 0 rings (SSSR count). The van der Waals surface area contributed by atoms with Crippen LogP contribution in [0.15, 0.2) is 0 Å². The van der Waals surface area contributed by atoms with Crippen LogP contribution in [0.5, 0.6) is 0 Å². The fourth-order valence-corrected chi connectivity index (χ4v) is 1.22. The number of aliphatic hydroxyl groups excluding tert-OH is 2. The zero-order valence-electron chi connectivity index (χ0n) is 8.70. The van der Waals surface area contributed by atoms with Gasteiger partial charge in [-0.25, -0.2) is 0 Å². The van der Waals surface area contributed by atoms with Crippen molar-refractivity contribution in [2.75, 3.05) is 13.2 Å². The fourth-order valence-electron chi connectivity index (χ4n) is 1.22. The molecule has 0 fully saturated rings. The Morgan fingerprint density at radius 2 is 1.77 bits per heavy atom. The molecule has 0 bridgehead atoms. The summed E-state index contributed by atoms with van der Waals surface area (Å²) >= 11 is 0. The van der Waals surface area contributed by atoms with E-state index in [1.165, 1.54) is 12.8 Å². The average molecular weight is 190 g/mol. The first-order valence-corrected chi connectivity index (χ1v) is 5.11. The van der Waals surface area contributed by atoms with Gasteiger partial charge in [0.25, 0.3) is 0 Å². The van der Waals surface area contributed by atoms with E-state index in [0.29, 0.717) is 0 Å². The standard InChI is InChI=1S/C10H22O3/c1-3-4-5-6-9(2)13-10(7-11)8-12/h9-12H,3-8H2,1-2H3. The molecule has 0 radical (unpaired) electrons. The van der Waals surface area contributed by atoms with E-state index in [1.54, 1.807) is 0 Å². The van der Waals surface area contributed by atoms with E-state index in [4.69, 9.17) is 14.9 Å². The van der Waals surface area contributed by atoms with E-state index in [0.717, 1.165) is 12.8 Å². The molecular weight excluding hydrogens is 168 g/mol. The highest BCUT2D eigenvalue weighted by Gasteiger charge is 2.10. The van der Waals surface area contributed by atoms with Crippen LogP contribution in [0.2, 0.25) is 0 Å². The number of aliphatic hydroxyl groups is 2. The van der Waals surface area contributed by atoms with Crippen molar-refractivity contribution in [3.05, 3.63) is 0 Å². The van der Waals surface area contributed by atoms with Crippen LogP contribution in [0.1, 0.15) is 39.5 Å². The Hall–Kier alpha value is -0.120. The van der Waals surface area contributed by atoms with Crippen LogP contribution >= 0.6 is 0 Å². The Labute approximate surface area is 80.7 Å². The van der Waals surface area contributed by atoms with Gasteiger partial charge in [-0.3, -0.25) is 0 Å². The van der Waals surface area contributed by atoms with Crippen molar-refractivity contribution in [3.63, 3.8) is 0 Å². The molecule has 0 aliphatic carbocycles. The second-order valence-electron chi connectivity index (χ2n) is 3.43. The van der Waals surface area contributed by atoms with Crippen LogP contribution in [-0.4, -0.2) is 35.6 Å². The topological polar surface area (TPSA) is 49.7 Å².